The number of rotatable bonds is 6. The minimum Gasteiger partial charge on any atom is -0.490 e. The molecule has 0 heterocycles. The van der Waals surface area contributed by atoms with Crippen LogP contribution in [0.4, 0.5) is 5.69 Å². The lowest BCUT2D eigenvalue weighted by Crippen LogP contribution is -2.09. The summed E-state index contributed by atoms with van der Waals surface area (Å²) in [4.78, 5) is 11.1. The van der Waals surface area contributed by atoms with Crippen molar-refractivity contribution in [1.82, 2.24) is 0 Å². The van der Waals surface area contributed by atoms with Crippen LogP contribution in [0.3, 0.4) is 0 Å². The van der Waals surface area contributed by atoms with Crippen LogP contribution in [0.5, 0.6) is 5.75 Å². The first kappa shape index (κ1) is 14.5. The summed E-state index contributed by atoms with van der Waals surface area (Å²) in [5.74, 6) is 0.228. The molecule has 0 atom stereocenters. The van der Waals surface area contributed by atoms with Gasteiger partial charge in [-0.3, -0.25) is 4.79 Å². The fourth-order valence-corrected chi connectivity index (χ4v) is 1.56. The summed E-state index contributed by atoms with van der Waals surface area (Å²) in [5, 5.41) is 10.3. The Labute approximate surface area is 111 Å². The molecule has 0 spiro atoms. The van der Waals surface area contributed by atoms with Crippen molar-refractivity contribution in [2.45, 2.75) is 6.92 Å². The fourth-order valence-electron chi connectivity index (χ4n) is 1.33. The molecular weight excluding hydrogens is 256 g/mol. The van der Waals surface area contributed by atoms with Crippen LogP contribution >= 0.6 is 11.6 Å². The van der Waals surface area contributed by atoms with Crippen molar-refractivity contribution in [1.29, 1.82) is 5.41 Å². The predicted octanol–water partition coefficient (Wildman–Crippen LogP) is 2.32. The third kappa shape index (κ3) is 4.01. The van der Waals surface area contributed by atoms with Gasteiger partial charge in [-0.15, -0.1) is 0 Å². The summed E-state index contributed by atoms with van der Waals surface area (Å²) >= 11 is 6.01. The van der Waals surface area contributed by atoms with E-state index < -0.39 is 0 Å². The van der Waals surface area contributed by atoms with Crippen LogP contribution in [0, 0.1) is 5.41 Å². The fraction of sp³-hybridized carbons (Fsp3) is 0.333. The van der Waals surface area contributed by atoms with Crippen LogP contribution in [0.15, 0.2) is 12.1 Å². The highest BCUT2D eigenvalue weighted by atomic mass is 35.5. The molecule has 1 aromatic carbocycles. The number of methoxy groups -OCH3 is 1. The SMILES string of the molecule is COCCOc1cc(NC(C)=O)c(C=N)cc1Cl. The summed E-state index contributed by atoms with van der Waals surface area (Å²) in [6.45, 7) is 2.20. The van der Waals surface area contributed by atoms with Crippen LogP contribution in [0.25, 0.3) is 0 Å². The normalized spacial score (nSPS) is 9.94. The van der Waals surface area contributed by atoms with Gasteiger partial charge in [-0.05, 0) is 6.07 Å². The molecule has 0 unspecified atom stereocenters. The van der Waals surface area contributed by atoms with Gasteiger partial charge in [0, 0.05) is 31.9 Å². The second kappa shape index (κ2) is 6.98. The molecule has 0 fully saturated rings. The average Bonchev–Trinajstić information content (AvgIpc) is 2.32. The highest BCUT2D eigenvalue weighted by molar-refractivity contribution is 6.32. The standard InChI is InChI=1S/C12H15ClN2O3/c1-8(16)15-11-6-12(18-4-3-17-2)10(13)5-9(11)7-14/h5-7,14H,3-4H2,1-2H3,(H,15,16). The number of hydrogen-bond donors (Lipinski definition) is 2. The van der Waals surface area contributed by atoms with Gasteiger partial charge in [-0.1, -0.05) is 11.6 Å². The first-order valence-electron chi connectivity index (χ1n) is 5.31. The molecule has 5 nitrogen and oxygen atoms in total. The lowest BCUT2D eigenvalue weighted by molar-refractivity contribution is -0.114. The lowest BCUT2D eigenvalue weighted by atomic mass is 10.2. The third-order valence-electron chi connectivity index (χ3n) is 2.12. The van der Waals surface area contributed by atoms with Crippen molar-refractivity contribution in [2.75, 3.05) is 25.6 Å². The van der Waals surface area contributed by atoms with Gasteiger partial charge in [0.2, 0.25) is 5.91 Å². The molecule has 1 rings (SSSR count). The first-order chi connectivity index (χ1) is 8.58. The number of halogens is 1. The summed E-state index contributed by atoms with van der Waals surface area (Å²) in [6, 6.07) is 3.17. The second-order valence-electron chi connectivity index (χ2n) is 3.54. The molecule has 18 heavy (non-hydrogen) atoms. The molecule has 0 saturated heterocycles. The summed E-state index contributed by atoms with van der Waals surface area (Å²) in [6.07, 6.45) is 1.12. The number of carbonyl (C=O) groups excluding carboxylic acids is 1. The topological polar surface area (TPSA) is 71.4 Å². The van der Waals surface area contributed by atoms with Crippen molar-refractivity contribution < 1.29 is 14.3 Å². The van der Waals surface area contributed by atoms with Gasteiger partial charge in [0.15, 0.2) is 0 Å². The number of hydrogen-bond acceptors (Lipinski definition) is 4. The van der Waals surface area contributed by atoms with Crippen molar-refractivity contribution in [2.24, 2.45) is 0 Å². The molecule has 1 amide bonds. The number of ether oxygens (including phenoxy) is 2. The van der Waals surface area contributed by atoms with Gasteiger partial charge in [0.1, 0.15) is 12.4 Å². The molecule has 0 radical (unpaired) electrons. The van der Waals surface area contributed by atoms with Crippen molar-refractivity contribution in [3.05, 3.63) is 22.7 Å². The van der Waals surface area contributed by atoms with Crippen LogP contribution in [0.1, 0.15) is 12.5 Å². The minimum absolute atomic E-state index is 0.219. The van der Waals surface area contributed by atoms with E-state index in [0.29, 0.717) is 35.2 Å². The highest BCUT2D eigenvalue weighted by Crippen LogP contribution is 2.30. The maximum atomic E-state index is 11.1. The van der Waals surface area contributed by atoms with Crippen LogP contribution in [-0.2, 0) is 9.53 Å². The van der Waals surface area contributed by atoms with E-state index in [0.717, 1.165) is 6.21 Å². The Balaban J connectivity index is 2.97. The van der Waals surface area contributed by atoms with E-state index in [2.05, 4.69) is 5.32 Å². The molecule has 1 aromatic rings. The van der Waals surface area contributed by atoms with E-state index in [1.807, 2.05) is 0 Å². The zero-order chi connectivity index (χ0) is 13.5. The molecule has 0 bridgehead atoms. The van der Waals surface area contributed by atoms with Crippen LogP contribution in [-0.4, -0.2) is 32.4 Å². The molecule has 98 valence electrons. The van der Waals surface area contributed by atoms with E-state index in [9.17, 15) is 4.79 Å². The quantitative estimate of drug-likeness (QED) is 0.615. The zero-order valence-electron chi connectivity index (χ0n) is 10.2. The largest absolute Gasteiger partial charge is 0.490 e. The molecular formula is C12H15ClN2O3. The molecule has 6 heteroatoms. The summed E-state index contributed by atoms with van der Waals surface area (Å²) in [7, 11) is 1.58. The van der Waals surface area contributed by atoms with E-state index >= 15 is 0 Å². The highest BCUT2D eigenvalue weighted by Gasteiger charge is 2.09. The van der Waals surface area contributed by atoms with E-state index in [4.69, 9.17) is 26.5 Å². The van der Waals surface area contributed by atoms with Gasteiger partial charge in [0.25, 0.3) is 0 Å². The number of anilines is 1. The first-order valence-corrected chi connectivity index (χ1v) is 5.69. The lowest BCUT2D eigenvalue weighted by Gasteiger charge is -2.12. The monoisotopic (exact) mass is 270 g/mol. The van der Waals surface area contributed by atoms with Crippen molar-refractivity contribution in [3.8, 4) is 5.75 Å². The Bertz CT molecular complexity index is 449. The Kier molecular flexibility index (Phi) is 5.61. The molecule has 2 N–H and O–H groups in total. The molecule has 0 aromatic heterocycles. The average molecular weight is 271 g/mol. The van der Waals surface area contributed by atoms with Crippen LogP contribution in [0.2, 0.25) is 5.02 Å². The van der Waals surface area contributed by atoms with Gasteiger partial charge in [0.05, 0.1) is 17.3 Å². The predicted molar refractivity (Wildman–Crippen MR) is 71.0 cm³/mol. The molecule has 0 aliphatic carbocycles. The van der Waals surface area contributed by atoms with Crippen molar-refractivity contribution >= 4 is 29.4 Å². The zero-order valence-corrected chi connectivity index (χ0v) is 11.0. The second-order valence-corrected chi connectivity index (χ2v) is 3.94. The van der Waals surface area contributed by atoms with E-state index in [-0.39, 0.29) is 5.91 Å². The maximum absolute atomic E-state index is 11.1. The van der Waals surface area contributed by atoms with E-state index in [1.54, 1.807) is 19.2 Å². The Hall–Kier alpha value is -1.59. The number of nitrogens with one attached hydrogen (secondary N) is 2. The Morgan fingerprint density at radius 2 is 2.22 bits per heavy atom. The Morgan fingerprint density at radius 1 is 1.50 bits per heavy atom. The number of carbonyl (C=O) groups is 1. The van der Waals surface area contributed by atoms with Crippen molar-refractivity contribution in [3.63, 3.8) is 0 Å². The molecule has 0 saturated carbocycles. The third-order valence-corrected chi connectivity index (χ3v) is 2.41. The number of benzene rings is 1. The van der Waals surface area contributed by atoms with Crippen LogP contribution < -0.4 is 10.1 Å². The summed E-state index contributed by atoms with van der Waals surface area (Å²) < 4.78 is 10.3. The number of amides is 1. The van der Waals surface area contributed by atoms with Gasteiger partial charge in [-0.25, -0.2) is 0 Å². The Morgan fingerprint density at radius 3 is 2.78 bits per heavy atom. The minimum atomic E-state index is -0.219. The maximum Gasteiger partial charge on any atom is 0.221 e. The summed E-state index contributed by atoms with van der Waals surface area (Å²) in [5.41, 5.74) is 1.02. The molecule has 0 aliphatic heterocycles. The van der Waals surface area contributed by atoms with Gasteiger partial charge in [-0.2, -0.15) is 0 Å². The van der Waals surface area contributed by atoms with E-state index in [1.165, 1.54) is 6.92 Å². The van der Waals surface area contributed by atoms with Gasteiger partial charge < -0.3 is 20.2 Å². The smallest absolute Gasteiger partial charge is 0.221 e. The molecule has 0 aliphatic rings. The van der Waals surface area contributed by atoms with Gasteiger partial charge >= 0.3 is 0 Å².